The summed E-state index contributed by atoms with van der Waals surface area (Å²) in [5.74, 6) is -1.97. The minimum atomic E-state index is -4.28. The van der Waals surface area contributed by atoms with Crippen molar-refractivity contribution in [2.24, 2.45) is 15.1 Å². The van der Waals surface area contributed by atoms with Crippen molar-refractivity contribution in [3.05, 3.63) is 57.3 Å². The highest BCUT2D eigenvalue weighted by atomic mass is 32.2. The Morgan fingerprint density at radius 1 is 1.32 bits per heavy atom. The zero-order valence-electron chi connectivity index (χ0n) is 14.3. The van der Waals surface area contributed by atoms with E-state index in [-0.39, 0.29) is 0 Å². The molecule has 0 bridgehead atoms. The molecule has 146 valence electrons. The molecule has 1 aromatic carbocycles. The fourth-order valence-corrected chi connectivity index (χ4v) is 3.63. The number of imidazole rings is 1. The molecular formula is C16H13F2N5O4S. The van der Waals surface area contributed by atoms with Crippen LogP contribution < -0.4 is 10.8 Å². The lowest BCUT2D eigenvalue weighted by Gasteiger charge is -2.16. The quantitative estimate of drug-likeness (QED) is 0.757. The summed E-state index contributed by atoms with van der Waals surface area (Å²) >= 11 is 0. The van der Waals surface area contributed by atoms with E-state index in [4.69, 9.17) is 9.88 Å². The smallest absolute Gasteiger partial charge is 0.326 e. The normalized spacial score (nSPS) is 17.8. The van der Waals surface area contributed by atoms with Crippen molar-refractivity contribution >= 4 is 27.7 Å². The number of aromatic nitrogens is 2. The van der Waals surface area contributed by atoms with Crippen LogP contribution in [-0.2, 0) is 21.3 Å². The van der Waals surface area contributed by atoms with Gasteiger partial charge in [-0.3, -0.25) is 9.56 Å². The molecule has 0 aliphatic carbocycles. The summed E-state index contributed by atoms with van der Waals surface area (Å²) in [6, 6.07) is 1.23. The van der Waals surface area contributed by atoms with Gasteiger partial charge in [-0.05, 0) is 12.1 Å². The Balaban J connectivity index is 1.81. The first-order chi connectivity index (χ1) is 13.2. The molecule has 0 amide bonds. The number of ether oxygens (including phenoxy) is 1. The van der Waals surface area contributed by atoms with Crippen LogP contribution in [0.15, 0.2) is 37.9 Å². The van der Waals surface area contributed by atoms with Crippen LogP contribution in [0.25, 0.3) is 5.57 Å². The predicted octanol–water partition coefficient (Wildman–Crippen LogP) is 0.351. The van der Waals surface area contributed by atoms with Crippen LogP contribution in [0, 0.1) is 11.6 Å². The summed E-state index contributed by atoms with van der Waals surface area (Å²) in [4.78, 5) is 22.7. The van der Waals surface area contributed by atoms with Gasteiger partial charge in [-0.2, -0.15) is 0 Å². The number of methoxy groups -OCH3 is 1. The largest absolute Gasteiger partial charge is 0.481 e. The lowest BCUT2D eigenvalue weighted by Crippen LogP contribution is -2.22. The highest BCUT2D eigenvalue weighted by Gasteiger charge is 2.31. The van der Waals surface area contributed by atoms with Gasteiger partial charge in [0.2, 0.25) is 15.9 Å². The fourth-order valence-electron chi connectivity index (χ4n) is 3.09. The minimum absolute atomic E-state index is 0.306. The third kappa shape index (κ3) is 2.86. The molecule has 9 nitrogen and oxygen atoms in total. The van der Waals surface area contributed by atoms with Gasteiger partial charge in [0.25, 0.3) is 0 Å². The maximum Gasteiger partial charge on any atom is 0.326 e. The Bertz CT molecular complexity index is 1230. The topological polar surface area (TPSA) is 132 Å². The average molecular weight is 409 g/mol. The number of sulfonamides is 1. The van der Waals surface area contributed by atoms with Crippen molar-refractivity contribution < 1.29 is 21.9 Å². The second kappa shape index (κ2) is 6.21. The molecular weight excluding hydrogens is 396 g/mol. The molecule has 4 rings (SSSR count). The van der Waals surface area contributed by atoms with Gasteiger partial charge in [0.05, 0.1) is 36.2 Å². The van der Waals surface area contributed by atoms with Crippen LogP contribution in [0.3, 0.4) is 0 Å². The summed E-state index contributed by atoms with van der Waals surface area (Å²) in [6.45, 7) is -0.479. The van der Waals surface area contributed by atoms with E-state index in [9.17, 15) is 22.0 Å². The van der Waals surface area contributed by atoms with Gasteiger partial charge in [-0.25, -0.2) is 32.1 Å². The Kier molecular flexibility index (Phi) is 4.05. The van der Waals surface area contributed by atoms with E-state index in [1.165, 1.54) is 13.3 Å². The molecule has 3 heterocycles. The van der Waals surface area contributed by atoms with Crippen LogP contribution in [0.4, 0.5) is 8.78 Å². The first-order valence-corrected chi connectivity index (χ1v) is 9.44. The van der Waals surface area contributed by atoms with E-state index in [0.29, 0.717) is 35.0 Å². The number of nitrogens with two attached hydrogens (primary N) is 1. The number of nitrogens with one attached hydrogen (secondary N) is 1. The third-order valence-electron chi connectivity index (χ3n) is 4.41. The summed E-state index contributed by atoms with van der Waals surface area (Å²) in [6.07, 6.45) is 2.37. The zero-order valence-corrected chi connectivity index (χ0v) is 15.1. The Hall–Kier alpha value is -3.12. The van der Waals surface area contributed by atoms with Gasteiger partial charge in [-0.15, -0.1) is 0 Å². The van der Waals surface area contributed by atoms with Crippen LogP contribution in [0.5, 0.6) is 0 Å². The van der Waals surface area contributed by atoms with Crippen molar-refractivity contribution in [2.75, 3.05) is 7.11 Å². The standard InChI is InChI=1S/C16H13F2N5O4S/c1-27-13-4-8-14-12(5-20-15(8)22-13)21-16(24)23(14)6-9-10(17)2-7(3-11(9)18)28(19,25)26/h2-5,15H,6H2,1H3,(H,21,24)(H2,19,25,26). The van der Waals surface area contributed by atoms with Crippen molar-refractivity contribution in [3.8, 4) is 0 Å². The molecule has 0 radical (unpaired) electrons. The van der Waals surface area contributed by atoms with E-state index < -0.39 is 50.5 Å². The van der Waals surface area contributed by atoms with E-state index >= 15 is 0 Å². The van der Waals surface area contributed by atoms with E-state index in [0.717, 1.165) is 4.57 Å². The Morgan fingerprint density at radius 2 is 2.00 bits per heavy atom. The molecule has 0 fully saturated rings. The number of aliphatic imine (C=N–C) groups is 2. The molecule has 2 aliphatic rings. The highest BCUT2D eigenvalue weighted by molar-refractivity contribution is 7.89. The first-order valence-electron chi connectivity index (χ1n) is 7.89. The minimum Gasteiger partial charge on any atom is -0.481 e. The summed E-state index contributed by atoms with van der Waals surface area (Å²) in [5.41, 5.74) is 0.173. The monoisotopic (exact) mass is 409 g/mol. The number of nitrogens with zero attached hydrogens (tertiary/aromatic N) is 3. The lowest BCUT2D eigenvalue weighted by atomic mass is 10.1. The van der Waals surface area contributed by atoms with Crippen LogP contribution >= 0.6 is 0 Å². The second-order valence-electron chi connectivity index (χ2n) is 6.11. The van der Waals surface area contributed by atoms with Gasteiger partial charge in [0.1, 0.15) is 11.6 Å². The van der Waals surface area contributed by atoms with Crippen LogP contribution in [-0.4, -0.2) is 43.4 Å². The van der Waals surface area contributed by atoms with Crippen molar-refractivity contribution in [3.63, 3.8) is 0 Å². The number of benzene rings is 1. The molecule has 2 aromatic rings. The first kappa shape index (κ1) is 18.3. The van der Waals surface area contributed by atoms with Gasteiger partial charge < -0.3 is 9.72 Å². The molecule has 1 unspecified atom stereocenters. The molecule has 2 aliphatic heterocycles. The molecule has 0 spiro atoms. The molecule has 1 aromatic heterocycles. The second-order valence-corrected chi connectivity index (χ2v) is 7.67. The summed E-state index contributed by atoms with van der Waals surface area (Å²) in [5, 5.41) is 4.91. The summed E-state index contributed by atoms with van der Waals surface area (Å²) < 4.78 is 57.7. The highest BCUT2D eigenvalue weighted by Crippen LogP contribution is 2.31. The number of H-pyrrole nitrogens is 1. The zero-order chi connectivity index (χ0) is 20.2. The van der Waals surface area contributed by atoms with E-state index in [1.54, 1.807) is 6.08 Å². The maximum absolute atomic E-state index is 14.4. The number of hydrogen-bond donors (Lipinski definition) is 2. The lowest BCUT2D eigenvalue weighted by molar-refractivity contribution is 0.406. The van der Waals surface area contributed by atoms with Gasteiger partial charge >= 0.3 is 5.69 Å². The van der Waals surface area contributed by atoms with E-state index in [2.05, 4.69) is 15.0 Å². The SMILES string of the molecule is COC1=NC2N=Cc3[nH]c(=O)n(Cc4c(F)cc(S(N)(=O)=O)cc4F)c3C2=C1. The molecule has 3 N–H and O–H groups in total. The van der Waals surface area contributed by atoms with Crippen molar-refractivity contribution in [2.45, 2.75) is 17.6 Å². The van der Waals surface area contributed by atoms with Crippen molar-refractivity contribution in [1.29, 1.82) is 0 Å². The Labute approximate surface area is 156 Å². The van der Waals surface area contributed by atoms with Crippen molar-refractivity contribution in [1.82, 2.24) is 9.55 Å². The number of aromatic amines is 1. The van der Waals surface area contributed by atoms with Crippen LogP contribution in [0.1, 0.15) is 17.0 Å². The average Bonchev–Trinajstić information content (AvgIpc) is 3.17. The van der Waals surface area contributed by atoms with E-state index in [1.807, 2.05) is 0 Å². The maximum atomic E-state index is 14.4. The molecule has 0 saturated carbocycles. The number of halogens is 2. The van der Waals surface area contributed by atoms with Crippen LogP contribution in [0.2, 0.25) is 0 Å². The Morgan fingerprint density at radius 3 is 2.61 bits per heavy atom. The number of primary sulfonamides is 1. The fraction of sp³-hybridized carbons (Fsp3) is 0.188. The predicted molar refractivity (Wildman–Crippen MR) is 95.7 cm³/mol. The number of rotatable bonds is 3. The van der Waals surface area contributed by atoms with Gasteiger partial charge in [0.15, 0.2) is 6.17 Å². The third-order valence-corrected chi connectivity index (χ3v) is 5.30. The van der Waals surface area contributed by atoms with Gasteiger partial charge in [0, 0.05) is 17.2 Å². The molecule has 12 heteroatoms. The van der Waals surface area contributed by atoms with Gasteiger partial charge in [-0.1, -0.05) is 0 Å². The molecule has 28 heavy (non-hydrogen) atoms. The number of hydrogen-bond acceptors (Lipinski definition) is 6. The molecule has 0 saturated heterocycles. The summed E-state index contributed by atoms with van der Waals surface area (Å²) in [7, 11) is -2.85. The number of fused-ring (bicyclic) bond motifs is 3. The molecule has 1 atom stereocenters.